The first-order valence-corrected chi connectivity index (χ1v) is 5.35. The molecule has 0 aromatic rings. The maximum atomic E-state index is 2.35. The lowest BCUT2D eigenvalue weighted by molar-refractivity contribution is 0.593. The smallest absolute Gasteiger partial charge is 0.0352 e. The van der Waals surface area contributed by atoms with Crippen LogP contribution >= 0.6 is 0 Å². The number of hydrogen-bond acceptors (Lipinski definition) is 0. The summed E-state index contributed by atoms with van der Waals surface area (Å²) in [5, 5.41) is 0. The van der Waals surface area contributed by atoms with E-state index in [1.54, 1.807) is 0 Å². The second kappa shape index (κ2) is 4.13. The minimum Gasteiger partial charge on any atom is -0.0654 e. The van der Waals surface area contributed by atoms with E-state index in [0.29, 0.717) is 0 Å². The van der Waals surface area contributed by atoms with Crippen LogP contribution in [0.3, 0.4) is 0 Å². The molecule has 0 aromatic carbocycles. The van der Waals surface area contributed by atoms with Crippen molar-refractivity contribution in [1.29, 1.82) is 0 Å². The van der Waals surface area contributed by atoms with Crippen LogP contribution in [0.4, 0.5) is 0 Å². The Balaban J connectivity index is 2.21. The third-order valence-electron chi connectivity index (χ3n) is 3.22. The predicted octanol–water partition coefficient (Wildman–Crippen LogP) is 3.86. The largest absolute Gasteiger partial charge is 0.0654 e. The molecule has 0 nitrogen and oxygen atoms in total. The molecule has 1 aliphatic carbocycles. The van der Waals surface area contributed by atoms with Gasteiger partial charge in [0, 0.05) is 0 Å². The first kappa shape index (κ1) is 9.09. The fourth-order valence-corrected chi connectivity index (χ4v) is 2.65. The van der Waals surface area contributed by atoms with Gasteiger partial charge < -0.3 is 0 Å². The highest BCUT2D eigenvalue weighted by Crippen LogP contribution is 2.53. The molecule has 0 saturated heterocycles. The number of rotatable bonds is 5. The summed E-state index contributed by atoms with van der Waals surface area (Å²) in [4.78, 5) is 0. The molecular formula is C11H22. The zero-order valence-corrected chi connectivity index (χ0v) is 8.27. The van der Waals surface area contributed by atoms with Crippen molar-refractivity contribution in [3.63, 3.8) is 0 Å². The van der Waals surface area contributed by atoms with Crippen molar-refractivity contribution >= 4 is 0 Å². The standard InChI is InChI=1S/C11H22/c1-4-7-10-9(6-3)11(10)8-5-2/h9-11H,4-8H2,1-3H3/t9?,10-,11?/m1/s1. The van der Waals surface area contributed by atoms with Crippen molar-refractivity contribution in [2.24, 2.45) is 17.8 Å². The van der Waals surface area contributed by atoms with Crippen LogP contribution in [0, 0.1) is 17.8 Å². The van der Waals surface area contributed by atoms with Crippen LogP contribution in [-0.4, -0.2) is 0 Å². The molecule has 0 aliphatic heterocycles. The Kier molecular flexibility index (Phi) is 3.42. The van der Waals surface area contributed by atoms with Gasteiger partial charge >= 0.3 is 0 Å². The van der Waals surface area contributed by atoms with Gasteiger partial charge in [0.05, 0.1) is 0 Å². The lowest BCUT2D eigenvalue weighted by Crippen LogP contribution is -1.80. The predicted molar refractivity (Wildman–Crippen MR) is 50.6 cm³/mol. The summed E-state index contributed by atoms with van der Waals surface area (Å²) >= 11 is 0. The molecule has 0 aromatic heterocycles. The van der Waals surface area contributed by atoms with Gasteiger partial charge in [-0.3, -0.25) is 0 Å². The van der Waals surface area contributed by atoms with Crippen LogP contribution < -0.4 is 0 Å². The fourth-order valence-electron chi connectivity index (χ4n) is 2.65. The second-order valence-corrected chi connectivity index (χ2v) is 3.98. The highest BCUT2D eigenvalue weighted by atomic mass is 14.5. The molecule has 3 atom stereocenters. The summed E-state index contributed by atoms with van der Waals surface area (Å²) < 4.78 is 0. The van der Waals surface area contributed by atoms with Gasteiger partial charge in [0.25, 0.3) is 0 Å². The van der Waals surface area contributed by atoms with Crippen molar-refractivity contribution in [2.75, 3.05) is 0 Å². The maximum absolute atomic E-state index is 2.35. The highest BCUT2D eigenvalue weighted by molar-refractivity contribution is 4.94. The Labute approximate surface area is 71.4 Å². The van der Waals surface area contributed by atoms with E-state index in [4.69, 9.17) is 0 Å². The minimum absolute atomic E-state index is 1.11. The quantitative estimate of drug-likeness (QED) is 0.564. The van der Waals surface area contributed by atoms with E-state index < -0.39 is 0 Å². The highest BCUT2D eigenvalue weighted by Gasteiger charge is 2.46. The van der Waals surface area contributed by atoms with Crippen LogP contribution in [0.1, 0.15) is 52.9 Å². The van der Waals surface area contributed by atoms with Gasteiger partial charge in [-0.25, -0.2) is 0 Å². The Morgan fingerprint density at radius 3 is 1.45 bits per heavy atom. The molecule has 0 heterocycles. The summed E-state index contributed by atoms with van der Waals surface area (Å²) in [6, 6.07) is 0. The molecular weight excluding hydrogens is 132 g/mol. The van der Waals surface area contributed by atoms with Crippen LogP contribution in [0.2, 0.25) is 0 Å². The molecule has 0 heteroatoms. The fraction of sp³-hybridized carbons (Fsp3) is 1.00. The topological polar surface area (TPSA) is 0 Å². The van der Waals surface area contributed by atoms with E-state index in [9.17, 15) is 0 Å². The zero-order valence-electron chi connectivity index (χ0n) is 8.27. The van der Waals surface area contributed by atoms with Gasteiger partial charge in [-0.1, -0.05) is 52.9 Å². The number of hydrogen-bond donors (Lipinski definition) is 0. The van der Waals surface area contributed by atoms with Crippen LogP contribution in [-0.2, 0) is 0 Å². The summed E-state index contributed by atoms with van der Waals surface area (Å²) in [5.41, 5.74) is 0. The second-order valence-electron chi connectivity index (χ2n) is 3.98. The monoisotopic (exact) mass is 154 g/mol. The van der Waals surface area contributed by atoms with Crippen molar-refractivity contribution in [3.8, 4) is 0 Å². The molecule has 2 unspecified atom stereocenters. The normalized spacial score (nSPS) is 35.7. The SMILES string of the molecule is CCCC1C(CC)[C@H]1CCC. The molecule has 0 amide bonds. The molecule has 0 bridgehead atoms. The average Bonchev–Trinajstić information content (AvgIpc) is 2.65. The lowest BCUT2D eigenvalue weighted by atomic mass is 10.1. The molecule has 0 spiro atoms. The van der Waals surface area contributed by atoms with Crippen LogP contribution in [0.5, 0.6) is 0 Å². The van der Waals surface area contributed by atoms with Gasteiger partial charge in [0.1, 0.15) is 0 Å². The summed E-state index contributed by atoms with van der Waals surface area (Å²) in [6.45, 7) is 6.98. The van der Waals surface area contributed by atoms with Gasteiger partial charge in [-0.05, 0) is 17.8 Å². The van der Waals surface area contributed by atoms with Crippen molar-refractivity contribution < 1.29 is 0 Å². The van der Waals surface area contributed by atoms with Gasteiger partial charge in [-0.15, -0.1) is 0 Å². The summed E-state index contributed by atoms with van der Waals surface area (Å²) in [6.07, 6.45) is 7.18. The van der Waals surface area contributed by atoms with Crippen LogP contribution in [0.25, 0.3) is 0 Å². The zero-order chi connectivity index (χ0) is 8.27. The van der Waals surface area contributed by atoms with E-state index in [2.05, 4.69) is 20.8 Å². The van der Waals surface area contributed by atoms with E-state index >= 15 is 0 Å². The van der Waals surface area contributed by atoms with E-state index in [0.717, 1.165) is 17.8 Å². The van der Waals surface area contributed by atoms with Crippen LogP contribution in [0.15, 0.2) is 0 Å². The van der Waals surface area contributed by atoms with E-state index in [1.165, 1.54) is 32.1 Å². The van der Waals surface area contributed by atoms with Gasteiger partial charge in [0.2, 0.25) is 0 Å². The molecule has 1 saturated carbocycles. The van der Waals surface area contributed by atoms with Crippen molar-refractivity contribution in [3.05, 3.63) is 0 Å². The van der Waals surface area contributed by atoms with Gasteiger partial charge in [-0.2, -0.15) is 0 Å². The first-order chi connectivity index (χ1) is 5.35. The Hall–Kier alpha value is 0. The van der Waals surface area contributed by atoms with E-state index in [1.807, 2.05) is 0 Å². The van der Waals surface area contributed by atoms with Crippen molar-refractivity contribution in [2.45, 2.75) is 52.9 Å². The molecule has 66 valence electrons. The molecule has 1 rings (SSSR count). The maximum Gasteiger partial charge on any atom is -0.0352 e. The first-order valence-electron chi connectivity index (χ1n) is 5.35. The lowest BCUT2D eigenvalue weighted by Gasteiger charge is -1.92. The Morgan fingerprint density at radius 1 is 0.727 bits per heavy atom. The molecule has 0 N–H and O–H groups in total. The van der Waals surface area contributed by atoms with Gasteiger partial charge in [0.15, 0.2) is 0 Å². The molecule has 0 radical (unpaired) electrons. The molecule has 1 aliphatic rings. The Bertz CT molecular complexity index is 94.6. The Morgan fingerprint density at radius 2 is 1.18 bits per heavy atom. The molecule has 11 heavy (non-hydrogen) atoms. The average molecular weight is 154 g/mol. The summed E-state index contributed by atoms with van der Waals surface area (Å²) in [5.74, 6) is 3.34. The van der Waals surface area contributed by atoms with E-state index in [-0.39, 0.29) is 0 Å². The summed E-state index contributed by atoms with van der Waals surface area (Å²) in [7, 11) is 0. The minimum atomic E-state index is 1.11. The van der Waals surface area contributed by atoms with Crippen molar-refractivity contribution in [1.82, 2.24) is 0 Å². The third kappa shape index (κ3) is 1.98. The third-order valence-corrected chi connectivity index (χ3v) is 3.22. The molecule has 1 fully saturated rings.